The van der Waals surface area contributed by atoms with Crippen molar-refractivity contribution >= 4 is 35.0 Å². The summed E-state index contributed by atoms with van der Waals surface area (Å²) in [6.07, 6.45) is 1.93. The van der Waals surface area contributed by atoms with E-state index < -0.39 is 6.04 Å². The van der Waals surface area contributed by atoms with Crippen LogP contribution in [0, 0.1) is 0 Å². The topological polar surface area (TPSA) is 49.4 Å². The number of nitrogens with one attached hydrogen (secondary N) is 1. The molecule has 2 amide bonds. The van der Waals surface area contributed by atoms with Gasteiger partial charge in [-0.1, -0.05) is 60.5 Å². The Morgan fingerprint density at radius 2 is 1.53 bits per heavy atom. The minimum absolute atomic E-state index is 0.000964. The van der Waals surface area contributed by atoms with Crippen molar-refractivity contribution in [1.29, 1.82) is 0 Å². The highest BCUT2D eigenvalue weighted by molar-refractivity contribution is 6.42. The molecule has 0 bridgehead atoms. The summed E-state index contributed by atoms with van der Waals surface area (Å²) in [6.45, 7) is 7.95. The molecule has 1 N–H and O–H groups in total. The maximum absolute atomic E-state index is 13.1. The number of hydrogen-bond acceptors (Lipinski definition) is 2. The summed E-state index contributed by atoms with van der Waals surface area (Å²) in [5, 5.41) is 3.78. The predicted octanol–water partition coefficient (Wildman–Crippen LogP) is 5.43. The fourth-order valence-electron chi connectivity index (χ4n) is 3.16. The van der Waals surface area contributed by atoms with Gasteiger partial charge in [0.15, 0.2) is 0 Å². The Morgan fingerprint density at radius 1 is 0.933 bits per heavy atom. The van der Waals surface area contributed by atoms with E-state index in [2.05, 4.69) is 36.5 Å². The standard InChI is InChI=1S/C24H30Cl2N2O2/c1-5-18-6-8-19(9-7-18)11-13-23(29)28(17(4)24(30)27-16(2)3)15-20-10-12-21(25)22(26)14-20/h6-10,12,14,16-17H,5,11,13,15H2,1-4H3,(H,27,30)/t17-/m0/s1. The normalized spacial score (nSPS) is 12.0. The third-order valence-electron chi connectivity index (χ3n) is 4.99. The Labute approximate surface area is 189 Å². The van der Waals surface area contributed by atoms with E-state index in [4.69, 9.17) is 23.2 Å². The molecule has 2 aromatic carbocycles. The van der Waals surface area contributed by atoms with Crippen LogP contribution in [0.1, 0.15) is 50.8 Å². The summed E-state index contributed by atoms with van der Waals surface area (Å²) in [5.74, 6) is -0.252. The average Bonchev–Trinajstić information content (AvgIpc) is 2.72. The predicted molar refractivity (Wildman–Crippen MR) is 124 cm³/mol. The van der Waals surface area contributed by atoms with Gasteiger partial charge >= 0.3 is 0 Å². The lowest BCUT2D eigenvalue weighted by molar-refractivity contribution is -0.140. The fraction of sp³-hybridized carbons (Fsp3) is 0.417. The number of benzene rings is 2. The van der Waals surface area contributed by atoms with Crippen LogP contribution < -0.4 is 5.32 Å². The summed E-state index contributed by atoms with van der Waals surface area (Å²) in [6, 6.07) is 13.0. The molecule has 162 valence electrons. The molecule has 0 spiro atoms. The van der Waals surface area contributed by atoms with E-state index >= 15 is 0 Å². The van der Waals surface area contributed by atoms with Crippen molar-refractivity contribution in [2.24, 2.45) is 0 Å². The molecule has 0 fully saturated rings. The summed E-state index contributed by atoms with van der Waals surface area (Å²) in [7, 11) is 0. The van der Waals surface area contributed by atoms with Crippen molar-refractivity contribution < 1.29 is 9.59 Å². The van der Waals surface area contributed by atoms with Crippen LogP contribution in [0.5, 0.6) is 0 Å². The van der Waals surface area contributed by atoms with Crippen LogP contribution in [-0.4, -0.2) is 28.8 Å². The Balaban J connectivity index is 2.16. The van der Waals surface area contributed by atoms with Gasteiger partial charge in [-0.3, -0.25) is 9.59 Å². The quantitative estimate of drug-likeness (QED) is 0.555. The number of hydrogen-bond donors (Lipinski definition) is 1. The lowest BCUT2D eigenvalue weighted by Crippen LogP contribution is -2.49. The molecule has 0 unspecified atom stereocenters. The highest BCUT2D eigenvalue weighted by Gasteiger charge is 2.26. The molecule has 0 saturated carbocycles. The summed E-state index contributed by atoms with van der Waals surface area (Å²) >= 11 is 12.2. The third-order valence-corrected chi connectivity index (χ3v) is 5.73. The van der Waals surface area contributed by atoms with Gasteiger partial charge in [-0.2, -0.15) is 0 Å². The minimum atomic E-state index is -0.600. The molecule has 0 aliphatic heterocycles. The summed E-state index contributed by atoms with van der Waals surface area (Å²) in [4.78, 5) is 27.3. The first kappa shape index (κ1) is 24.2. The fourth-order valence-corrected chi connectivity index (χ4v) is 3.48. The molecule has 1 atom stereocenters. The molecule has 0 aliphatic rings. The van der Waals surface area contributed by atoms with E-state index in [1.165, 1.54) is 5.56 Å². The number of halogens is 2. The van der Waals surface area contributed by atoms with Crippen LogP contribution >= 0.6 is 23.2 Å². The van der Waals surface area contributed by atoms with E-state index in [0.717, 1.165) is 17.5 Å². The number of nitrogens with zero attached hydrogens (tertiary/aromatic N) is 1. The van der Waals surface area contributed by atoms with Crippen LogP contribution in [0.4, 0.5) is 0 Å². The molecule has 0 radical (unpaired) electrons. The smallest absolute Gasteiger partial charge is 0.242 e. The zero-order valence-electron chi connectivity index (χ0n) is 18.0. The van der Waals surface area contributed by atoms with Crippen LogP contribution in [0.2, 0.25) is 10.0 Å². The molecule has 0 heterocycles. The van der Waals surface area contributed by atoms with Crippen LogP contribution in [0.3, 0.4) is 0 Å². The highest BCUT2D eigenvalue weighted by Crippen LogP contribution is 2.24. The van der Waals surface area contributed by atoms with Gasteiger partial charge in [0.1, 0.15) is 6.04 Å². The molecule has 2 rings (SSSR count). The number of carbonyl (C=O) groups is 2. The van der Waals surface area contributed by atoms with Crippen molar-refractivity contribution in [3.8, 4) is 0 Å². The van der Waals surface area contributed by atoms with Crippen molar-refractivity contribution in [1.82, 2.24) is 10.2 Å². The second-order valence-corrected chi connectivity index (χ2v) is 8.59. The van der Waals surface area contributed by atoms with Crippen LogP contribution in [0.15, 0.2) is 42.5 Å². The van der Waals surface area contributed by atoms with Crippen LogP contribution in [0.25, 0.3) is 0 Å². The van der Waals surface area contributed by atoms with Gasteiger partial charge in [0.05, 0.1) is 10.0 Å². The second kappa shape index (κ2) is 11.4. The molecule has 2 aromatic rings. The average molecular weight is 449 g/mol. The largest absolute Gasteiger partial charge is 0.352 e. The SMILES string of the molecule is CCc1ccc(CCC(=O)N(Cc2ccc(Cl)c(Cl)c2)[C@@H](C)C(=O)NC(C)C)cc1. The molecular weight excluding hydrogens is 419 g/mol. The molecule has 0 saturated heterocycles. The third kappa shape index (κ3) is 7.03. The minimum Gasteiger partial charge on any atom is -0.352 e. The van der Waals surface area contributed by atoms with Crippen molar-refractivity contribution in [3.05, 3.63) is 69.2 Å². The number of aryl methyl sites for hydroxylation is 2. The van der Waals surface area contributed by atoms with Crippen molar-refractivity contribution in [3.63, 3.8) is 0 Å². The first-order valence-corrected chi connectivity index (χ1v) is 11.1. The van der Waals surface area contributed by atoms with E-state index in [1.54, 1.807) is 24.0 Å². The monoisotopic (exact) mass is 448 g/mol. The number of rotatable bonds is 9. The van der Waals surface area contributed by atoms with Crippen LogP contribution in [-0.2, 0) is 29.0 Å². The first-order chi connectivity index (χ1) is 14.2. The molecule has 0 aliphatic carbocycles. The maximum Gasteiger partial charge on any atom is 0.242 e. The lowest BCUT2D eigenvalue weighted by atomic mass is 10.0. The number of amides is 2. The van der Waals surface area contributed by atoms with Gasteiger partial charge in [0, 0.05) is 19.0 Å². The van der Waals surface area contributed by atoms with E-state index in [-0.39, 0.29) is 24.4 Å². The second-order valence-electron chi connectivity index (χ2n) is 7.78. The molecule has 30 heavy (non-hydrogen) atoms. The molecule has 6 heteroatoms. The summed E-state index contributed by atoms with van der Waals surface area (Å²) in [5.41, 5.74) is 3.20. The van der Waals surface area contributed by atoms with E-state index in [9.17, 15) is 9.59 Å². The van der Waals surface area contributed by atoms with Gasteiger partial charge in [-0.15, -0.1) is 0 Å². The highest BCUT2D eigenvalue weighted by atomic mass is 35.5. The van der Waals surface area contributed by atoms with Gasteiger partial charge in [-0.25, -0.2) is 0 Å². The van der Waals surface area contributed by atoms with E-state index in [1.807, 2.05) is 19.9 Å². The zero-order chi connectivity index (χ0) is 22.3. The molecule has 4 nitrogen and oxygen atoms in total. The van der Waals surface area contributed by atoms with Crippen molar-refractivity contribution in [2.45, 2.75) is 65.6 Å². The maximum atomic E-state index is 13.1. The van der Waals surface area contributed by atoms with Crippen molar-refractivity contribution in [2.75, 3.05) is 0 Å². The Bertz CT molecular complexity index is 866. The lowest BCUT2D eigenvalue weighted by Gasteiger charge is -2.29. The first-order valence-electron chi connectivity index (χ1n) is 10.3. The van der Waals surface area contributed by atoms with Gasteiger partial charge in [-0.05, 0) is 62.4 Å². The molecule has 0 aromatic heterocycles. The summed E-state index contributed by atoms with van der Waals surface area (Å²) < 4.78 is 0. The Morgan fingerprint density at radius 3 is 2.10 bits per heavy atom. The van der Waals surface area contributed by atoms with Gasteiger partial charge in [0.2, 0.25) is 11.8 Å². The Kier molecular flexibility index (Phi) is 9.19. The van der Waals surface area contributed by atoms with Gasteiger partial charge in [0.25, 0.3) is 0 Å². The number of carbonyl (C=O) groups excluding carboxylic acids is 2. The van der Waals surface area contributed by atoms with E-state index in [0.29, 0.717) is 22.9 Å². The Hall–Kier alpha value is -2.04. The zero-order valence-corrected chi connectivity index (χ0v) is 19.6. The molecular formula is C24H30Cl2N2O2. The van der Waals surface area contributed by atoms with Gasteiger partial charge < -0.3 is 10.2 Å².